The summed E-state index contributed by atoms with van der Waals surface area (Å²) < 4.78 is 5.06. The van der Waals surface area contributed by atoms with Gasteiger partial charge in [0.05, 0.1) is 18.1 Å². The number of nitrogens with one attached hydrogen (secondary N) is 1. The summed E-state index contributed by atoms with van der Waals surface area (Å²) in [6.45, 7) is 2.68. The van der Waals surface area contributed by atoms with Gasteiger partial charge in [-0.15, -0.1) is 0 Å². The second kappa shape index (κ2) is 5.71. The van der Waals surface area contributed by atoms with Crippen LogP contribution in [0.5, 0.6) is 5.75 Å². The third-order valence-electron chi connectivity index (χ3n) is 2.78. The van der Waals surface area contributed by atoms with Gasteiger partial charge in [-0.05, 0) is 28.8 Å². The molecule has 0 fully saturated rings. The Morgan fingerprint density at radius 2 is 2.16 bits per heavy atom. The highest BCUT2D eigenvalue weighted by molar-refractivity contribution is 7.08. The van der Waals surface area contributed by atoms with Crippen molar-refractivity contribution in [1.29, 1.82) is 0 Å². The molecular weight excluding hydrogens is 264 g/mol. The molecule has 0 unspecified atom stereocenters. The minimum Gasteiger partial charge on any atom is -0.496 e. The number of hydrogen-bond donors (Lipinski definition) is 1. The maximum Gasteiger partial charge on any atom is 0.275 e. The Hall–Kier alpha value is -2.08. The van der Waals surface area contributed by atoms with E-state index < -0.39 is 4.92 Å². The number of aryl methyl sites for hydroxylation is 1. The molecule has 6 heteroatoms. The molecule has 2 rings (SSSR count). The van der Waals surface area contributed by atoms with Gasteiger partial charge < -0.3 is 10.1 Å². The van der Waals surface area contributed by atoms with Crippen LogP contribution in [-0.2, 0) is 6.54 Å². The summed E-state index contributed by atoms with van der Waals surface area (Å²) in [6, 6.07) is 4.65. The summed E-state index contributed by atoms with van der Waals surface area (Å²) >= 11 is 1.64. The van der Waals surface area contributed by atoms with Crippen LogP contribution in [0.25, 0.3) is 0 Å². The van der Waals surface area contributed by atoms with E-state index in [-0.39, 0.29) is 5.69 Å². The molecule has 0 saturated carbocycles. The lowest BCUT2D eigenvalue weighted by atomic mass is 10.2. The summed E-state index contributed by atoms with van der Waals surface area (Å²) in [5.74, 6) is 0.471. The fourth-order valence-electron chi connectivity index (χ4n) is 1.67. The fourth-order valence-corrected chi connectivity index (χ4v) is 2.53. The Labute approximate surface area is 115 Å². The number of nitro benzene ring substituents is 1. The molecule has 1 aromatic heterocycles. The van der Waals surface area contributed by atoms with Crippen molar-refractivity contribution in [2.24, 2.45) is 0 Å². The summed E-state index contributed by atoms with van der Waals surface area (Å²) in [5.41, 5.74) is 3.10. The highest BCUT2D eigenvalue weighted by Crippen LogP contribution is 2.26. The van der Waals surface area contributed by atoms with Crippen molar-refractivity contribution in [3.63, 3.8) is 0 Å². The average molecular weight is 278 g/mol. The van der Waals surface area contributed by atoms with E-state index in [4.69, 9.17) is 4.74 Å². The van der Waals surface area contributed by atoms with Crippen molar-refractivity contribution >= 4 is 22.7 Å². The molecule has 1 heterocycles. The van der Waals surface area contributed by atoms with Crippen LogP contribution in [0.3, 0.4) is 0 Å². The summed E-state index contributed by atoms with van der Waals surface area (Å²) in [7, 11) is 1.49. The first-order valence-electron chi connectivity index (χ1n) is 5.69. The number of nitrogens with zero attached hydrogens (tertiary/aromatic N) is 1. The lowest BCUT2D eigenvalue weighted by molar-refractivity contribution is -0.384. The van der Waals surface area contributed by atoms with E-state index in [1.807, 2.05) is 6.92 Å². The number of methoxy groups -OCH3 is 1. The molecule has 0 saturated heterocycles. The van der Waals surface area contributed by atoms with Gasteiger partial charge in [0.2, 0.25) is 0 Å². The quantitative estimate of drug-likeness (QED) is 0.670. The van der Waals surface area contributed by atoms with Crippen molar-refractivity contribution in [2.75, 3.05) is 12.4 Å². The van der Waals surface area contributed by atoms with E-state index in [0.29, 0.717) is 18.0 Å². The van der Waals surface area contributed by atoms with E-state index in [1.54, 1.807) is 17.4 Å². The van der Waals surface area contributed by atoms with Gasteiger partial charge in [-0.2, -0.15) is 11.3 Å². The van der Waals surface area contributed by atoms with Crippen LogP contribution in [0.2, 0.25) is 0 Å². The van der Waals surface area contributed by atoms with Gasteiger partial charge in [-0.1, -0.05) is 0 Å². The molecule has 0 aliphatic rings. The van der Waals surface area contributed by atoms with E-state index in [0.717, 1.165) is 0 Å². The normalized spacial score (nSPS) is 10.2. The van der Waals surface area contributed by atoms with Crippen molar-refractivity contribution in [3.05, 3.63) is 50.2 Å². The average Bonchev–Trinajstić information content (AvgIpc) is 2.81. The van der Waals surface area contributed by atoms with Crippen molar-refractivity contribution in [1.82, 2.24) is 0 Å². The standard InChI is InChI=1S/C13H14N2O3S/c1-9-7-19-8-10(9)6-14-11-3-12(15(16)17)5-13(4-11)18-2/h3-5,7-8,14H,6H2,1-2H3. The third-order valence-corrected chi connectivity index (χ3v) is 3.69. The molecule has 1 aromatic carbocycles. The third kappa shape index (κ3) is 3.23. The predicted octanol–water partition coefficient (Wildman–Crippen LogP) is 3.59. The van der Waals surface area contributed by atoms with Crippen molar-refractivity contribution in [3.8, 4) is 5.75 Å². The number of nitro groups is 1. The second-order valence-corrected chi connectivity index (χ2v) is 4.85. The largest absolute Gasteiger partial charge is 0.496 e. The van der Waals surface area contributed by atoms with E-state index in [2.05, 4.69) is 16.1 Å². The van der Waals surface area contributed by atoms with Gasteiger partial charge in [0.25, 0.3) is 5.69 Å². The smallest absolute Gasteiger partial charge is 0.275 e. The zero-order chi connectivity index (χ0) is 13.8. The molecule has 0 radical (unpaired) electrons. The zero-order valence-corrected chi connectivity index (χ0v) is 11.5. The molecule has 5 nitrogen and oxygen atoms in total. The molecule has 100 valence electrons. The number of benzene rings is 1. The molecule has 0 amide bonds. The molecule has 0 atom stereocenters. The molecule has 1 N–H and O–H groups in total. The molecule has 0 aliphatic heterocycles. The number of ether oxygens (including phenoxy) is 1. The molecule has 19 heavy (non-hydrogen) atoms. The van der Waals surface area contributed by atoms with Crippen LogP contribution in [0.4, 0.5) is 11.4 Å². The zero-order valence-electron chi connectivity index (χ0n) is 10.7. The monoisotopic (exact) mass is 278 g/mol. The van der Waals surface area contributed by atoms with E-state index >= 15 is 0 Å². The Kier molecular flexibility index (Phi) is 4.01. The fraction of sp³-hybridized carbons (Fsp3) is 0.231. The van der Waals surface area contributed by atoms with Gasteiger partial charge >= 0.3 is 0 Å². The minimum atomic E-state index is -0.427. The molecule has 2 aromatic rings. The molecular formula is C13H14N2O3S. The summed E-state index contributed by atoms with van der Waals surface area (Å²) in [6.07, 6.45) is 0. The van der Waals surface area contributed by atoms with Gasteiger partial charge in [0.1, 0.15) is 5.75 Å². The van der Waals surface area contributed by atoms with Crippen LogP contribution in [0.15, 0.2) is 29.0 Å². The highest BCUT2D eigenvalue weighted by Gasteiger charge is 2.10. The predicted molar refractivity (Wildman–Crippen MR) is 76.0 cm³/mol. The Bertz CT molecular complexity index is 595. The SMILES string of the molecule is COc1cc(NCc2cscc2C)cc([N+](=O)[O-])c1. The van der Waals surface area contributed by atoms with Gasteiger partial charge in [-0.3, -0.25) is 10.1 Å². The first-order valence-corrected chi connectivity index (χ1v) is 6.63. The van der Waals surface area contributed by atoms with Crippen molar-refractivity contribution < 1.29 is 9.66 Å². The van der Waals surface area contributed by atoms with Crippen LogP contribution >= 0.6 is 11.3 Å². The number of non-ortho nitro benzene ring substituents is 1. The maximum atomic E-state index is 10.8. The first-order chi connectivity index (χ1) is 9.10. The Morgan fingerprint density at radius 1 is 1.37 bits per heavy atom. The summed E-state index contributed by atoms with van der Waals surface area (Å²) in [5, 5.41) is 18.2. The van der Waals surface area contributed by atoms with Crippen LogP contribution in [0, 0.1) is 17.0 Å². The number of rotatable bonds is 5. The Morgan fingerprint density at radius 3 is 2.74 bits per heavy atom. The Balaban J connectivity index is 2.17. The maximum absolute atomic E-state index is 10.8. The first kappa shape index (κ1) is 13.4. The molecule has 0 bridgehead atoms. The number of hydrogen-bond acceptors (Lipinski definition) is 5. The minimum absolute atomic E-state index is 0.0175. The lowest BCUT2D eigenvalue weighted by Gasteiger charge is -2.08. The van der Waals surface area contributed by atoms with Gasteiger partial charge in [-0.25, -0.2) is 0 Å². The highest BCUT2D eigenvalue weighted by atomic mass is 32.1. The number of thiophene rings is 1. The lowest BCUT2D eigenvalue weighted by Crippen LogP contribution is -2.01. The number of anilines is 1. The van der Waals surface area contributed by atoms with Crippen LogP contribution in [-0.4, -0.2) is 12.0 Å². The van der Waals surface area contributed by atoms with Crippen LogP contribution < -0.4 is 10.1 Å². The van der Waals surface area contributed by atoms with E-state index in [9.17, 15) is 10.1 Å². The van der Waals surface area contributed by atoms with Crippen molar-refractivity contribution in [2.45, 2.75) is 13.5 Å². The van der Waals surface area contributed by atoms with Gasteiger partial charge in [0.15, 0.2) is 0 Å². The summed E-state index contributed by atoms with van der Waals surface area (Å²) in [4.78, 5) is 10.4. The van der Waals surface area contributed by atoms with E-state index in [1.165, 1.54) is 30.4 Å². The molecule has 0 spiro atoms. The topological polar surface area (TPSA) is 64.4 Å². The second-order valence-electron chi connectivity index (χ2n) is 4.11. The molecule has 0 aliphatic carbocycles. The van der Waals surface area contributed by atoms with Gasteiger partial charge in [0, 0.05) is 24.4 Å². The van der Waals surface area contributed by atoms with Crippen LogP contribution in [0.1, 0.15) is 11.1 Å².